The van der Waals surface area contributed by atoms with Gasteiger partial charge in [0.15, 0.2) is 0 Å². The molecule has 0 saturated carbocycles. The number of rotatable bonds is 8. The second kappa shape index (κ2) is 8.62. The minimum absolute atomic E-state index is 0.0225. The monoisotopic (exact) mass is 292 g/mol. The van der Waals surface area contributed by atoms with Crippen molar-refractivity contribution in [2.45, 2.75) is 34.1 Å². The van der Waals surface area contributed by atoms with Gasteiger partial charge in [0.05, 0.1) is 23.1 Å². The number of carbonyl (C=O) groups is 1. The van der Waals surface area contributed by atoms with Gasteiger partial charge in [0.2, 0.25) is 0 Å². The molecule has 0 aliphatic heterocycles. The summed E-state index contributed by atoms with van der Waals surface area (Å²) in [5, 5.41) is 0. The molecule has 0 spiro atoms. The van der Waals surface area contributed by atoms with Crippen LogP contribution in [0.5, 0.6) is 0 Å². The Balaban J connectivity index is 2.67. The number of aryl methyl sites for hydroxylation is 1. The first-order valence-corrected chi connectivity index (χ1v) is 7.77. The summed E-state index contributed by atoms with van der Waals surface area (Å²) in [6.45, 7) is 12.8. The van der Waals surface area contributed by atoms with Gasteiger partial charge in [0.25, 0.3) is 5.91 Å². The lowest BCUT2D eigenvalue weighted by atomic mass is 10.1. The van der Waals surface area contributed by atoms with Crippen molar-refractivity contribution in [2.24, 2.45) is 0 Å². The second-order valence-corrected chi connectivity index (χ2v) is 5.17. The normalized spacial score (nSPS) is 10.9. The fraction of sp³-hybridized carbons (Fsp3) is 0.625. The summed E-state index contributed by atoms with van der Waals surface area (Å²) in [7, 11) is 0. The minimum Gasteiger partial charge on any atom is -0.397 e. The van der Waals surface area contributed by atoms with Crippen molar-refractivity contribution in [3.63, 3.8) is 0 Å². The number of hydrogen-bond acceptors (Lipinski definition) is 4. The number of nitrogen functional groups attached to an aromatic ring is 1. The third-order valence-corrected chi connectivity index (χ3v) is 3.80. The Kier molecular flexibility index (Phi) is 7.15. The van der Waals surface area contributed by atoms with Crippen molar-refractivity contribution in [1.29, 1.82) is 0 Å². The molecule has 0 unspecified atom stereocenters. The first-order chi connectivity index (χ1) is 10.0. The summed E-state index contributed by atoms with van der Waals surface area (Å²) >= 11 is 0. The first-order valence-electron chi connectivity index (χ1n) is 7.77. The van der Waals surface area contributed by atoms with Gasteiger partial charge in [-0.25, -0.2) is 0 Å². The Morgan fingerprint density at radius 1 is 1.19 bits per heavy atom. The zero-order valence-corrected chi connectivity index (χ0v) is 13.7. The molecule has 1 heterocycles. The largest absolute Gasteiger partial charge is 0.397 e. The van der Waals surface area contributed by atoms with Gasteiger partial charge in [-0.05, 0) is 46.0 Å². The molecule has 0 atom stereocenters. The highest BCUT2D eigenvalue weighted by atomic mass is 16.2. The molecule has 0 saturated heterocycles. The zero-order valence-electron chi connectivity index (χ0n) is 13.7. The number of amides is 1. The molecule has 0 bridgehead atoms. The molecule has 0 aromatic carbocycles. The lowest BCUT2D eigenvalue weighted by Crippen LogP contribution is -2.34. The Morgan fingerprint density at radius 2 is 1.86 bits per heavy atom. The van der Waals surface area contributed by atoms with E-state index < -0.39 is 0 Å². The van der Waals surface area contributed by atoms with E-state index in [2.05, 4.69) is 23.7 Å². The van der Waals surface area contributed by atoms with Crippen LogP contribution in [0, 0.1) is 6.92 Å². The fourth-order valence-electron chi connectivity index (χ4n) is 2.36. The van der Waals surface area contributed by atoms with Crippen LogP contribution in [-0.4, -0.2) is 53.4 Å². The lowest BCUT2D eigenvalue weighted by Gasteiger charge is -2.24. The van der Waals surface area contributed by atoms with Crippen molar-refractivity contribution in [2.75, 3.05) is 38.5 Å². The van der Waals surface area contributed by atoms with E-state index in [1.54, 1.807) is 12.3 Å². The van der Waals surface area contributed by atoms with Crippen molar-refractivity contribution >= 4 is 11.6 Å². The van der Waals surface area contributed by atoms with Crippen LogP contribution in [-0.2, 0) is 0 Å². The molecular formula is C16H28N4O. The van der Waals surface area contributed by atoms with Crippen molar-refractivity contribution in [3.8, 4) is 0 Å². The van der Waals surface area contributed by atoms with Crippen molar-refractivity contribution < 1.29 is 4.79 Å². The Bertz CT molecular complexity index is 458. The van der Waals surface area contributed by atoms with E-state index in [0.29, 0.717) is 17.8 Å². The van der Waals surface area contributed by atoms with Gasteiger partial charge < -0.3 is 15.5 Å². The van der Waals surface area contributed by atoms with Crippen LogP contribution in [0.1, 0.15) is 43.2 Å². The van der Waals surface area contributed by atoms with Gasteiger partial charge >= 0.3 is 0 Å². The molecule has 0 fully saturated rings. The van der Waals surface area contributed by atoms with Gasteiger partial charge in [-0.1, -0.05) is 13.8 Å². The molecular weight excluding hydrogens is 264 g/mol. The lowest BCUT2D eigenvalue weighted by molar-refractivity contribution is 0.0756. The maximum absolute atomic E-state index is 12.6. The van der Waals surface area contributed by atoms with E-state index in [-0.39, 0.29) is 5.91 Å². The third-order valence-electron chi connectivity index (χ3n) is 3.80. The maximum atomic E-state index is 12.6. The minimum atomic E-state index is 0.0225. The van der Waals surface area contributed by atoms with Crippen LogP contribution in [0.25, 0.3) is 0 Å². The summed E-state index contributed by atoms with van der Waals surface area (Å²) in [6, 6.07) is 1.72. The van der Waals surface area contributed by atoms with Gasteiger partial charge in [0.1, 0.15) is 0 Å². The summed E-state index contributed by atoms with van der Waals surface area (Å²) in [5.41, 5.74) is 7.62. The van der Waals surface area contributed by atoms with E-state index in [1.165, 1.54) is 0 Å². The van der Waals surface area contributed by atoms with Gasteiger partial charge in [-0.2, -0.15) is 0 Å². The van der Waals surface area contributed by atoms with Crippen LogP contribution in [0.15, 0.2) is 12.3 Å². The molecule has 5 nitrogen and oxygen atoms in total. The number of hydrogen-bond donors (Lipinski definition) is 1. The number of aromatic nitrogens is 1. The van der Waals surface area contributed by atoms with E-state index in [0.717, 1.165) is 38.3 Å². The van der Waals surface area contributed by atoms with E-state index in [1.807, 2.05) is 18.7 Å². The van der Waals surface area contributed by atoms with E-state index in [4.69, 9.17) is 5.73 Å². The van der Waals surface area contributed by atoms with E-state index >= 15 is 0 Å². The highest BCUT2D eigenvalue weighted by molar-refractivity contribution is 5.95. The van der Waals surface area contributed by atoms with Gasteiger partial charge in [-0.3, -0.25) is 9.78 Å². The number of nitrogens with zero attached hydrogens (tertiary/aromatic N) is 3. The second-order valence-electron chi connectivity index (χ2n) is 5.17. The summed E-state index contributed by atoms with van der Waals surface area (Å²) in [4.78, 5) is 21.0. The van der Waals surface area contributed by atoms with Crippen LogP contribution < -0.4 is 5.73 Å². The van der Waals surface area contributed by atoms with Gasteiger partial charge in [-0.15, -0.1) is 0 Å². The molecule has 0 aliphatic carbocycles. The molecule has 1 aromatic heterocycles. The van der Waals surface area contributed by atoms with Crippen LogP contribution in [0.4, 0.5) is 5.69 Å². The van der Waals surface area contributed by atoms with Crippen LogP contribution >= 0.6 is 0 Å². The quantitative estimate of drug-likeness (QED) is 0.797. The summed E-state index contributed by atoms with van der Waals surface area (Å²) < 4.78 is 0. The van der Waals surface area contributed by atoms with Crippen LogP contribution in [0.3, 0.4) is 0 Å². The predicted molar refractivity (Wildman–Crippen MR) is 87.4 cm³/mol. The summed E-state index contributed by atoms with van der Waals surface area (Å²) in [5.74, 6) is 0.0225. The van der Waals surface area contributed by atoms with Gasteiger partial charge in [0, 0.05) is 13.1 Å². The molecule has 0 radical (unpaired) electrons. The number of nitrogens with two attached hydrogens (primary N) is 1. The smallest absolute Gasteiger partial charge is 0.255 e. The highest BCUT2D eigenvalue weighted by Crippen LogP contribution is 2.13. The fourth-order valence-corrected chi connectivity index (χ4v) is 2.36. The number of carbonyl (C=O) groups excluding carboxylic acids is 1. The molecule has 1 rings (SSSR count). The van der Waals surface area contributed by atoms with Crippen molar-refractivity contribution in [1.82, 2.24) is 14.8 Å². The SMILES string of the molecule is CCN(CC)CCCN(CC)C(=O)c1cc(N)cnc1C. The maximum Gasteiger partial charge on any atom is 0.255 e. The Hall–Kier alpha value is -1.62. The standard InChI is InChI=1S/C16H28N4O/c1-5-19(6-2)9-8-10-20(7-3)16(21)15-11-14(17)12-18-13(15)4/h11-12H,5-10,17H2,1-4H3. The molecule has 0 aliphatic rings. The molecule has 1 aromatic rings. The molecule has 2 N–H and O–H groups in total. The molecule has 118 valence electrons. The number of anilines is 1. The topological polar surface area (TPSA) is 62.5 Å². The first kappa shape index (κ1) is 17.4. The number of pyridine rings is 1. The highest BCUT2D eigenvalue weighted by Gasteiger charge is 2.17. The summed E-state index contributed by atoms with van der Waals surface area (Å²) in [6.07, 6.45) is 2.57. The average molecular weight is 292 g/mol. The van der Waals surface area contributed by atoms with E-state index in [9.17, 15) is 4.79 Å². The predicted octanol–water partition coefficient (Wildman–Crippen LogP) is 2.17. The average Bonchev–Trinajstić information content (AvgIpc) is 2.49. The van der Waals surface area contributed by atoms with Crippen LogP contribution in [0.2, 0.25) is 0 Å². The third kappa shape index (κ3) is 5.01. The molecule has 5 heteroatoms. The van der Waals surface area contributed by atoms with Crippen molar-refractivity contribution in [3.05, 3.63) is 23.5 Å². The molecule has 21 heavy (non-hydrogen) atoms. The Morgan fingerprint density at radius 3 is 2.43 bits per heavy atom. The Labute approximate surface area is 128 Å². The molecule has 1 amide bonds. The zero-order chi connectivity index (χ0) is 15.8.